The van der Waals surface area contributed by atoms with Crippen LogP contribution < -0.4 is 11.0 Å². The molecular weight excluding hydrogens is 654 g/mol. The lowest BCUT2D eigenvalue weighted by atomic mass is 10.0. The summed E-state index contributed by atoms with van der Waals surface area (Å²) >= 11 is 12.2. The maximum Gasteiger partial charge on any atom is 0.410 e. The fourth-order valence-electron chi connectivity index (χ4n) is 4.55. The van der Waals surface area contributed by atoms with Gasteiger partial charge in [-0.15, -0.1) is 10.2 Å². The molecule has 1 aliphatic heterocycles. The molecule has 13 nitrogen and oxygen atoms in total. The van der Waals surface area contributed by atoms with Gasteiger partial charge in [0.2, 0.25) is 5.91 Å². The second kappa shape index (κ2) is 12.7. The summed E-state index contributed by atoms with van der Waals surface area (Å²) in [5.74, 6) is -0.764. The number of nitrogens with one attached hydrogen (secondary N) is 1. The van der Waals surface area contributed by atoms with E-state index in [4.69, 9.17) is 27.9 Å². The zero-order chi connectivity index (χ0) is 33.4. The summed E-state index contributed by atoms with van der Waals surface area (Å²) in [6.45, 7) is 3.72. The second-order valence-corrected chi connectivity index (χ2v) is 12.2. The molecule has 46 heavy (non-hydrogen) atoms. The van der Waals surface area contributed by atoms with Crippen molar-refractivity contribution in [3.05, 3.63) is 75.3 Å². The van der Waals surface area contributed by atoms with E-state index >= 15 is 0 Å². The first-order valence-corrected chi connectivity index (χ1v) is 14.7. The second-order valence-electron chi connectivity index (χ2n) is 11.4. The van der Waals surface area contributed by atoms with Crippen LogP contribution in [0.5, 0.6) is 0 Å². The van der Waals surface area contributed by atoms with Crippen molar-refractivity contribution in [1.29, 1.82) is 0 Å². The Kier molecular flexibility index (Phi) is 9.13. The molecule has 0 bridgehead atoms. The van der Waals surface area contributed by atoms with Gasteiger partial charge in [-0.2, -0.15) is 13.2 Å². The zero-order valence-corrected chi connectivity index (χ0v) is 26.2. The number of alkyl halides is 3. The number of hydrogen-bond acceptors (Lipinski definition) is 8. The van der Waals surface area contributed by atoms with Gasteiger partial charge in [-0.1, -0.05) is 23.2 Å². The molecule has 0 saturated carbocycles. The summed E-state index contributed by atoms with van der Waals surface area (Å²) in [5.41, 5.74) is -1.48. The minimum Gasteiger partial charge on any atom is -0.444 e. The van der Waals surface area contributed by atoms with E-state index < -0.39 is 48.1 Å². The van der Waals surface area contributed by atoms with Crippen molar-refractivity contribution in [2.75, 3.05) is 6.54 Å². The van der Waals surface area contributed by atoms with E-state index in [1.807, 2.05) is 5.32 Å². The third-order valence-electron chi connectivity index (χ3n) is 6.84. The van der Waals surface area contributed by atoms with Gasteiger partial charge in [0.15, 0.2) is 17.5 Å². The van der Waals surface area contributed by atoms with Gasteiger partial charge in [-0.25, -0.2) is 28.9 Å². The lowest BCUT2D eigenvalue weighted by molar-refractivity contribution is -0.167. The van der Waals surface area contributed by atoms with Crippen LogP contribution in [0.3, 0.4) is 0 Å². The molecule has 5 rings (SSSR count). The SMILES string of the molecule is CC(C)(C)OC(=O)N1CCC1C(=O)NC(Cn1c(-c2ccc(Cl)cc2)nn(Cc2ncn(-c3ncccc3Cl)n2)c1=O)C(F)(F)F. The minimum atomic E-state index is -4.97. The number of nitrogens with zero attached hydrogens (tertiary/aromatic N) is 8. The van der Waals surface area contributed by atoms with Gasteiger partial charge in [0, 0.05) is 23.3 Å². The number of hydrogen-bond donors (Lipinski definition) is 1. The number of benzene rings is 1. The fraction of sp³-hybridized carbons (Fsp3) is 0.393. The third kappa shape index (κ3) is 7.33. The summed E-state index contributed by atoms with van der Waals surface area (Å²) in [6, 6.07) is 5.55. The predicted octanol–water partition coefficient (Wildman–Crippen LogP) is 4.10. The van der Waals surface area contributed by atoms with Gasteiger partial charge in [-0.3, -0.25) is 14.3 Å². The predicted molar refractivity (Wildman–Crippen MR) is 160 cm³/mol. The highest BCUT2D eigenvalue weighted by molar-refractivity contribution is 6.32. The van der Waals surface area contributed by atoms with Crippen molar-refractivity contribution in [1.82, 2.24) is 44.3 Å². The van der Waals surface area contributed by atoms with Crippen LogP contribution in [0.15, 0.2) is 53.7 Å². The van der Waals surface area contributed by atoms with Gasteiger partial charge in [0.1, 0.15) is 30.6 Å². The van der Waals surface area contributed by atoms with E-state index in [1.165, 1.54) is 41.5 Å². The summed E-state index contributed by atoms with van der Waals surface area (Å²) in [4.78, 5) is 48.4. The first kappa shape index (κ1) is 32.9. The van der Waals surface area contributed by atoms with Crippen LogP contribution in [-0.2, 0) is 22.6 Å². The number of halogens is 5. The smallest absolute Gasteiger partial charge is 0.410 e. The van der Waals surface area contributed by atoms with Crippen LogP contribution in [0.2, 0.25) is 10.0 Å². The van der Waals surface area contributed by atoms with E-state index in [1.54, 1.807) is 32.9 Å². The monoisotopic (exact) mass is 681 g/mol. The summed E-state index contributed by atoms with van der Waals surface area (Å²) in [5, 5.41) is 11.2. The Bertz CT molecular complexity index is 1800. The third-order valence-corrected chi connectivity index (χ3v) is 7.39. The van der Waals surface area contributed by atoms with Gasteiger partial charge in [-0.05, 0) is 63.6 Å². The number of amides is 2. The number of carbonyl (C=O) groups excluding carboxylic acids is 2. The number of pyridine rings is 1. The van der Waals surface area contributed by atoms with Crippen LogP contribution in [0.4, 0.5) is 18.0 Å². The van der Waals surface area contributed by atoms with Crippen molar-refractivity contribution >= 4 is 35.2 Å². The standard InChI is InChI=1S/C28H28Cl2F3N9O4/c1-27(2,3)46-26(45)39-12-10-19(39)24(43)36-20(28(31,32)33)13-40-22(16-6-8-17(29)9-7-16)38-41(25(40)44)14-21-35-15-42(37-21)23-18(30)5-4-11-34-23/h4-9,11,15,19-20H,10,12-14H2,1-3H3,(H,36,43). The van der Waals surface area contributed by atoms with Gasteiger partial charge in [0.25, 0.3) is 0 Å². The molecule has 1 N–H and O–H groups in total. The van der Waals surface area contributed by atoms with Gasteiger partial charge >= 0.3 is 18.0 Å². The molecule has 3 aromatic heterocycles. The highest BCUT2D eigenvalue weighted by Gasteiger charge is 2.46. The number of carbonyl (C=O) groups is 2. The van der Waals surface area contributed by atoms with Crippen molar-refractivity contribution in [2.24, 2.45) is 0 Å². The highest BCUT2D eigenvalue weighted by atomic mass is 35.5. The van der Waals surface area contributed by atoms with E-state index in [0.29, 0.717) is 15.6 Å². The summed E-state index contributed by atoms with van der Waals surface area (Å²) < 4.78 is 51.4. The Morgan fingerprint density at radius 1 is 1.09 bits per heavy atom. The summed E-state index contributed by atoms with van der Waals surface area (Å²) in [7, 11) is 0. The average molecular weight is 682 g/mol. The topological polar surface area (TPSA) is 142 Å². The molecule has 2 atom stereocenters. The molecule has 244 valence electrons. The van der Waals surface area contributed by atoms with E-state index in [-0.39, 0.29) is 37.0 Å². The fourth-order valence-corrected chi connectivity index (χ4v) is 4.89. The zero-order valence-electron chi connectivity index (χ0n) is 24.7. The van der Waals surface area contributed by atoms with Crippen molar-refractivity contribution < 1.29 is 27.5 Å². The maximum atomic E-state index is 14.4. The lowest BCUT2D eigenvalue weighted by Crippen LogP contribution is -2.62. The minimum absolute atomic E-state index is 0.101. The van der Waals surface area contributed by atoms with Gasteiger partial charge < -0.3 is 10.1 Å². The highest BCUT2D eigenvalue weighted by Crippen LogP contribution is 2.27. The van der Waals surface area contributed by atoms with Crippen molar-refractivity contribution in [2.45, 2.75) is 64.1 Å². The molecule has 1 aromatic carbocycles. The molecule has 2 unspecified atom stereocenters. The molecule has 1 fully saturated rings. The van der Waals surface area contributed by atoms with E-state index in [0.717, 1.165) is 14.1 Å². The largest absolute Gasteiger partial charge is 0.444 e. The maximum absolute atomic E-state index is 14.4. The first-order chi connectivity index (χ1) is 21.6. The molecule has 18 heteroatoms. The Morgan fingerprint density at radius 3 is 2.41 bits per heavy atom. The lowest BCUT2D eigenvalue weighted by Gasteiger charge is -2.40. The molecule has 4 heterocycles. The molecule has 1 aliphatic rings. The molecule has 0 radical (unpaired) electrons. The molecular formula is C28H28Cl2F3N9O4. The first-order valence-electron chi connectivity index (χ1n) is 13.9. The molecule has 1 saturated heterocycles. The van der Waals surface area contributed by atoms with Gasteiger partial charge in [0.05, 0.1) is 11.6 Å². The Labute approximate surface area is 269 Å². The van der Waals surface area contributed by atoms with Crippen LogP contribution >= 0.6 is 23.2 Å². The van der Waals surface area contributed by atoms with Crippen molar-refractivity contribution in [3.8, 4) is 17.2 Å². The number of aromatic nitrogens is 7. The normalized spacial score (nSPS) is 15.7. The molecule has 0 aliphatic carbocycles. The van der Waals surface area contributed by atoms with Crippen LogP contribution in [0, 0.1) is 0 Å². The van der Waals surface area contributed by atoms with Crippen LogP contribution in [0.1, 0.15) is 33.0 Å². The summed E-state index contributed by atoms with van der Waals surface area (Å²) in [6.07, 6.45) is -2.82. The number of rotatable bonds is 8. The van der Waals surface area contributed by atoms with Crippen LogP contribution in [0.25, 0.3) is 17.2 Å². The Hall–Kier alpha value is -4.44. The molecule has 4 aromatic rings. The average Bonchev–Trinajstić information content (AvgIpc) is 3.51. The number of likely N-dealkylation sites (tertiary alicyclic amines) is 1. The number of ether oxygens (including phenoxy) is 1. The Balaban J connectivity index is 1.43. The molecule has 2 amide bonds. The van der Waals surface area contributed by atoms with E-state index in [9.17, 15) is 27.6 Å². The van der Waals surface area contributed by atoms with Crippen LogP contribution in [-0.4, -0.2) is 81.4 Å². The molecule has 0 spiro atoms. The van der Waals surface area contributed by atoms with Crippen molar-refractivity contribution in [3.63, 3.8) is 0 Å². The van der Waals surface area contributed by atoms with E-state index in [2.05, 4.69) is 20.2 Å². The Morgan fingerprint density at radius 2 is 1.80 bits per heavy atom. The quantitative estimate of drug-likeness (QED) is 0.293.